The Kier molecular flexibility index (Phi) is 4.68. The number of fused-ring (bicyclic) bond motifs is 1. The van der Waals surface area contributed by atoms with Crippen molar-refractivity contribution in [3.8, 4) is 0 Å². The van der Waals surface area contributed by atoms with Gasteiger partial charge in [-0.3, -0.25) is 0 Å². The molecular formula is C17H27NO3Si. The van der Waals surface area contributed by atoms with Gasteiger partial charge in [-0.15, -0.1) is 0 Å². The van der Waals surface area contributed by atoms with Crippen LogP contribution in [-0.4, -0.2) is 32.2 Å². The average Bonchev–Trinajstić information content (AvgIpc) is 2.71. The first-order chi connectivity index (χ1) is 10.1. The Bertz CT molecular complexity index is 551. The lowest BCUT2D eigenvalue weighted by Gasteiger charge is -2.37. The fourth-order valence-corrected chi connectivity index (χ4v) is 3.74. The molecule has 0 radical (unpaired) electrons. The van der Waals surface area contributed by atoms with Crippen molar-refractivity contribution in [2.24, 2.45) is 0 Å². The van der Waals surface area contributed by atoms with E-state index in [1.54, 1.807) is 0 Å². The van der Waals surface area contributed by atoms with E-state index in [1.807, 2.05) is 12.1 Å². The molecule has 0 aromatic heterocycles. The quantitative estimate of drug-likeness (QED) is 0.825. The number of hydrogen-bond acceptors (Lipinski definition) is 2. The van der Waals surface area contributed by atoms with E-state index in [-0.39, 0.29) is 17.0 Å². The lowest BCUT2D eigenvalue weighted by molar-refractivity contribution is 0.183. The van der Waals surface area contributed by atoms with Crippen molar-refractivity contribution in [2.45, 2.75) is 57.3 Å². The SMILES string of the molecule is CC(C)(C)[Si](C)(C)OC[C@@H]1c2ccccc2C[C@H]1NC(=O)O. The second-order valence-corrected chi connectivity index (χ2v) is 12.4. The molecule has 4 nitrogen and oxygen atoms in total. The Hall–Kier alpha value is -1.33. The van der Waals surface area contributed by atoms with Crippen LogP contribution in [0.5, 0.6) is 0 Å². The van der Waals surface area contributed by atoms with E-state index >= 15 is 0 Å². The molecule has 2 atom stereocenters. The molecule has 22 heavy (non-hydrogen) atoms. The third kappa shape index (κ3) is 3.52. The smallest absolute Gasteiger partial charge is 0.404 e. The van der Waals surface area contributed by atoms with Crippen LogP contribution in [0.25, 0.3) is 0 Å². The fraction of sp³-hybridized carbons (Fsp3) is 0.588. The molecule has 122 valence electrons. The normalized spacial score (nSPS) is 21.5. The van der Waals surface area contributed by atoms with Crippen LogP contribution in [0.3, 0.4) is 0 Å². The van der Waals surface area contributed by atoms with E-state index in [4.69, 9.17) is 9.53 Å². The first-order valence-electron chi connectivity index (χ1n) is 7.83. The van der Waals surface area contributed by atoms with Crippen LogP contribution in [0.1, 0.15) is 37.8 Å². The van der Waals surface area contributed by atoms with Crippen LogP contribution in [0, 0.1) is 0 Å². The molecule has 1 aromatic carbocycles. The predicted molar refractivity (Wildman–Crippen MR) is 91.0 cm³/mol. The van der Waals surface area contributed by atoms with Crippen molar-refractivity contribution in [2.75, 3.05) is 6.61 Å². The monoisotopic (exact) mass is 321 g/mol. The molecule has 1 aliphatic rings. The van der Waals surface area contributed by atoms with E-state index in [2.05, 4.69) is 51.3 Å². The summed E-state index contributed by atoms with van der Waals surface area (Å²) in [5.41, 5.74) is 2.45. The second kappa shape index (κ2) is 6.05. The number of nitrogens with one attached hydrogen (secondary N) is 1. The number of rotatable bonds is 4. The summed E-state index contributed by atoms with van der Waals surface area (Å²) in [6.07, 6.45) is -0.219. The summed E-state index contributed by atoms with van der Waals surface area (Å²) in [4.78, 5) is 11.1. The standard InChI is InChI=1S/C17H27NO3Si/c1-17(2,3)22(4,5)21-11-14-13-9-7-6-8-12(13)10-15(14)18-16(19)20/h6-9,14-15,18H,10-11H2,1-5H3,(H,19,20)/t14-,15-/m1/s1. The Balaban J connectivity index is 2.16. The Morgan fingerprint density at radius 2 is 2.00 bits per heavy atom. The van der Waals surface area contributed by atoms with E-state index in [1.165, 1.54) is 11.1 Å². The molecule has 0 unspecified atom stereocenters. The minimum Gasteiger partial charge on any atom is -0.465 e. The Morgan fingerprint density at radius 3 is 2.59 bits per heavy atom. The van der Waals surface area contributed by atoms with Crippen LogP contribution in [0.2, 0.25) is 18.1 Å². The zero-order valence-corrected chi connectivity index (χ0v) is 15.1. The van der Waals surface area contributed by atoms with Crippen molar-refractivity contribution in [3.63, 3.8) is 0 Å². The molecule has 0 aliphatic heterocycles. The van der Waals surface area contributed by atoms with Gasteiger partial charge >= 0.3 is 6.09 Å². The summed E-state index contributed by atoms with van der Waals surface area (Å²) in [5, 5.41) is 11.9. The highest BCUT2D eigenvalue weighted by Gasteiger charge is 2.40. The molecule has 0 spiro atoms. The van der Waals surface area contributed by atoms with Gasteiger partial charge in [0.15, 0.2) is 8.32 Å². The van der Waals surface area contributed by atoms with E-state index in [9.17, 15) is 4.79 Å². The largest absolute Gasteiger partial charge is 0.465 e. The van der Waals surface area contributed by atoms with Gasteiger partial charge in [0.05, 0.1) is 0 Å². The average molecular weight is 321 g/mol. The van der Waals surface area contributed by atoms with Gasteiger partial charge in [-0.25, -0.2) is 4.79 Å². The summed E-state index contributed by atoms with van der Waals surface area (Å²) >= 11 is 0. The third-order valence-corrected chi connectivity index (χ3v) is 9.62. The van der Waals surface area contributed by atoms with Crippen LogP contribution in [0.15, 0.2) is 24.3 Å². The molecule has 5 heteroatoms. The molecular weight excluding hydrogens is 294 g/mol. The van der Waals surface area contributed by atoms with Gasteiger partial charge in [-0.1, -0.05) is 45.0 Å². The molecule has 1 amide bonds. The summed E-state index contributed by atoms with van der Waals surface area (Å²) < 4.78 is 6.35. The number of carboxylic acid groups (broad SMARTS) is 1. The molecule has 0 saturated carbocycles. The van der Waals surface area contributed by atoms with Gasteiger partial charge in [0, 0.05) is 18.6 Å². The minimum absolute atomic E-state index is 0.0975. The topological polar surface area (TPSA) is 58.6 Å². The van der Waals surface area contributed by atoms with Gasteiger partial charge in [0.2, 0.25) is 0 Å². The summed E-state index contributed by atoms with van der Waals surface area (Å²) in [6, 6.07) is 8.10. The lowest BCUT2D eigenvalue weighted by atomic mass is 10.00. The summed E-state index contributed by atoms with van der Waals surface area (Å²) in [6.45, 7) is 11.7. The van der Waals surface area contributed by atoms with E-state index < -0.39 is 14.4 Å². The molecule has 1 aliphatic carbocycles. The van der Waals surface area contributed by atoms with Crippen LogP contribution in [-0.2, 0) is 10.8 Å². The Morgan fingerprint density at radius 1 is 1.36 bits per heavy atom. The van der Waals surface area contributed by atoms with Crippen LogP contribution >= 0.6 is 0 Å². The van der Waals surface area contributed by atoms with Gasteiger partial charge < -0.3 is 14.8 Å². The predicted octanol–water partition coefficient (Wildman–Crippen LogP) is 3.98. The van der Waals surface area contributed by atoms with Crippen LogP contribution in [0.4, 0.5) is 4.79 Å². The van der Waals surface area contributed by atoms with Gasteiger partial charge in [0.25, 0.3) is 0 Å². The number of benzene rings is 1. The highest BCUT2D eigenvalue weighted by molar-refractivity contribution is 6.74. The molecule has 0 fully saturated rings. The lowest BCUT2D eigenvalue weighted by Crippen LogP contribution is -2.44. The number of carbonyl (C=O) groups is 1. The maximum Gasteiger partial charge on any atom is 0.404 e. The third-order valence-electron chi connectivity index (χ3n) is 5.12. The molecule has 0 bridgehead atoms. The van der Waals surface area contributed by atoms with Gasteiger partial charge in [0.1, 0.15) is 0 Å². The molecule has 2 N–H and O–H groups in total. The van der Waals surface area contributed by atoms with Crippen molar-refractivity contribution in [1.29, 1.82) is 0 Å². The maximum absolute atomic E-state index is 11.1. The first kappa shape index (κ1) is 17.0. The second-order valence-electron chi connectivity index (χ2n) is 7.64. The fourth-order valence-electron chi connectivity index (χ4n) is 2.71. The van der Waals surface area contributed by atoms with Crippen molar-refractivity contribution < 1.29 is 14.3 Å². The molecule has 0 heterocycles. The maximum atomic E-state index is 11.1. The van der Waals surface area contributed by atoms with Gasteiger partial charge in [-0.05, 0) is 35.7 Å². The van der Waals surface area contributed by atoms with Crippen molar-refractivity contribution in [3.05, 3.63) is 35.4 Å². The van der Waals surface area contributed by atoms with Gasteiger partial charge in [-0.2, -0.15) is 0 Å². The number of amides is 1. The van der Waals surface area contributed by atoms with E-state index in [0.29, 0.717) is 6.61 Å². The zero-order chi connectivity index (χ0) is 16.5. The van der Waals surface area contributed by atoms with E-state index in [0.717, 1.165) is 6.42 Å². The summed E-state index contributed by atoms with van der Waals surface area (Å²) in [7, 11) is -1.84. The minimum atomic E-state index is -1.84. The Labute approximate surface area is 134 Å². The molecule has 0 saturated heterocycles. The number of hydrogen-bond donors (Lipinski definition) is 2. The highest BCUT2D eigenvalue weighted by atomic mass is 28.4. The van der Waals surface area contributed by atoms with Crippen LogP contribution < -0.4 is 5.32 Å². The zero-order valence-electron chi connectivity index (χ0n) is 14.1. The van der Waals surface area contributed by atoms with Crippen molar-refractivity contribution >= 4 is 14.4 Å². The molecule has 2 rings (SSSR count). The molecule has 1 aromatic rings. The first-order valence-corrected chi connectivity index (χ1v) is 10.7. The summed E-state index contributed by atoms with van der Waals surface area (Å²) in [5.74, 6) is 0.0985. The van der Waals surface area contributed by atoms with Crippen molar-refractivity contribution in [1.82, 2.24) is 5.32 Å². The highest BCUT2D eigenvalue weighted by Crippen LogP contribution is 2.39.